The van der Waals surface area contributed by atoms with Gasteiger partial charge < -0.3 is 4.90 Å². The summed E-state index contributed by atoms with van der Waals surface area (Å²) in [5, 5.41) is 4.66. The molecule has 132 valence electrons. The fourth-order valence-corrected chi connectivity index (χ4v) is 4.13. The van der Waals surface area contributed by atoms with Crippen LogP contribution in [-0.4, -0.2) is 51.2 Å². The largest absolute Gasteiger partial charge is 0.341 e. The highest BCUT2D eigenvalue weighted by molar-refractivity contribution is 6.30. The predicted octanol–water partition coefficient (Wildman–Crippen LogP) is 2.59. The smallest absolute Gasteiger partial charge is 0.244 e. The summed E-state index contributed by atoms with van der Waals surface area (Å²) in [6.45, 7) is 4.10. The highest BCUT2D eigenvalue weighted by atomic mass is 35.5. The Kier molecular flexibility index (Phi) is 4.77. The summed E-state index contributed by atoms with van der Waals surface area (Å²) in [5.41, 5.74) is 2.95. The van der Waals surface area contributed by atoms with Crippen LogP contribution in [0.25, 0.3) is 0 Å². The van der Waals surface area contributed by atoms with Crippen LogP contribution in [-0.2, 0) is 24.3 Å². The van der Waals surface area contributed by atoms with Gasteiger partial charge in [0.25, 0.3) is 0 Å². The molecule has 25 heavy (non-hydrogen) atoms. The normalized spacial score (nSPS) is 19.0. The number of hydrogen-bond donors (Lipinski definition) is 0. The van der Waals surface area contributed by atoms with Crippen molar-refractivity contribution in [1.29, 1.82) is 0 Å². The number of benzene rings is 1. The lowest BCUT2D eigenvalue weighted by Gasteiger charge is -2.40. The standard InChI is InChI=1S/C19H23ClN4O/c20-17-11-21-24(13-17)14-19(25)22-9-6-18(7-10-22)23-8-5-15-3-1-2-4-16(15)12-23/h1-4,11,13,18H,5-10,12,14H2. The molecule has 1 aromatic heterocycles. The van der Waals surface area contributed by atoms with E-state index in [1.54, 1.807) is 17.1 Å². The van der Waals surface area contributed by atoms with Crippen LogP contribution in [0.4, 0.5) is 0 Å². The molecule has 1 aromatic carbocycles. The van der Waals surface area contributed by atoms with E-state index < -0.39 is 0 Å². The van der Waals surface area contributed by atoms with Gasteiger partial charge in [0.1, 0.15) is 6.54 Å². The maximum Gasteiger partial charge on any atom is 0.244 e. The van der Waals surface area contributed by atoms with Crippen molar-refractivity contribution < 1.29 is 4.79 Å². The topological polar surface area (TPSA) is 41.4 Å². The highest BCUT2D eigenvalue weighted by Gasteiger charge is 2.28. The van der Waals surface area contributed by atoms with E-state index in [2.05, 4.69) is 34.3 Å². The molecule has 3 heterocycles. The second kappa shape index (κ2) is 7.18. The molecular formula is C19H23ClN4O. The van der Waals surface area contributed by atoms with Crippen molar-refractivity contribution in [1.82, 2.24) is 19.6 Å². The molecule has 0 bridgehead atoms. The molecule has 5 nitrogen and oxygen atoms in total. The second-order valence-electron chi connectivity index (χ2n) is 6.96. The van der Waals surface area contributed by atoms with Gasteiger partial charge in [0.2, 0.25) is 5.91 Å². The van der Waals surface area contributed by atoms with E-state index in [0.29, 0.717) is 11.1 Å². The van der Waals surface area contributed by atoms with Gasteiger partial charge >= 0.3 is 0 Å². The third-order valence-corrected chi connectivity index (χ3v) is 5.59. The SMILES string of the molecule is O=C(Cn1cc(Cl)cn1)N1CCC(N2CCc3ccccc3C2)CC1. The molecule has 2 aliphatic heterocycles. The molecule has 2 aromatic rings. The van der Waals surface area contributed by atoms with Crippen molar-refractivity contribution in [2.24, 2.45) is 0 Å². The lowest BCUT2D eigenvalue weighted by atomic mass is 9.95. The van der Waals surface area contributed by atoms with Crippen LogP contribution in [0.15, 0.2) is 36.7 Å². The molecule has 6 heteroatoms. The Hall–Kier alpha value is -1.85. The first kappa shape index (κ1) is 16.6. The fourth-order valence-electron chi connectivity index (χ4n) is 3.97. The minimum absolute atomic E-state index is 0.127. The Labute approximate surface area is 153 Å². The fraction of sp³-hybridized carbons (Fsp3) is 0.474. The first-order valence-electron chi connectivity index (χ1n) is 8.95. The Morgan fingerprint density at radius 3 is 2.64 bits per heavy atom. The number of amides is 1. The van der Waals surface area contributed by atoms with E-state index in [1.165, 1.54) is 11.1 Å². The number of likely N-dealkylation sites (tertiary alicyclic amines) is 1. The maximum absolute atomic E-state index is 12.4. The van der Waals surface area contributed by atoms with Crippen LogP contribution < -0.4 is 0 Å². The quantitative estimate of drug-likeness (QED) is 0.846. The van der Waals surface area contributed by atoms with Gasteiger partial charge in [-0.15, -0.1) is 0 Å². The minimum atomic E-state index is 0.127. The number of piperidine rings is 1. The van der Waals surface area contributed by atoms with E-state index in [4.69, 9.17) is 11.6 Å². The zero-order valence-electron chi connectivity index (χ0n) is 14.3. The summed E-state index contributed by atoms with van der Waals surface area (Å²) in [6.07, 6.45) is 6.49. The van der Waals surface area contributed by atoms with E-state index in [9.17, 15) is 4.79 Å². The van der Waals surface area contributed by atoms with Crippen LogP contribution >= 0.6 is 11.6 Å². The second-order valence-corrected chi connectivity index (χ2v) is 7.39. The van der Waals surface area contributed by atoms with Crippen molar-refractivity contribution in [2.45, 2.75) is 38.4 Å². The molecule has 0 aliphatic carbocycles. The lowest BCUT2D eigenvalue weighted by Crippen LogP contribution is -2.48. The Bertz CT molecular complexity index is 751. The highest BCUT2D eigenvalue weighted by Crippen LogP contribution is 2.25. The number of hydrogen-bond acceptors (Lipinski definition) is 3. The number of carbonyl (C=O) groups is 1. The molecule has 4 rings (SSSR count). The number of nitrogens with zero attached hydrogens (tertiary/aromatic N) is 4. The molecule has 0 unspecified atom stereocenters. The number of carbonyl (C=O) groups excluding carboxylic acids is 1. The first-order chi connectivity index (χ1) is 12.2. The molecule has 1 fully saturated rings. The average Bonchev–Trinajstić information content (AvgIpc) is 3.06. The third kappa shape index (κ3) is 3.72. The van der Waals surface area contributed by atoms with Gasteiger partial charge in [-0.3, -0.25) is 14.4 Å². The third-order valence-electron chi connectivity index (χ3n) is 5.39. The van der Waals surface area contributed by atoms with E-state index in [0.717, 1.165) is 45.4 Å². The Balaban J connectivity index is 1.30. The molecule has 0 saturated carbocycles. The minimum Gasteiger partial charge on any atom is -0.341 e. The van der Waals surface area contributed by atoms with Gasteiger partial charge in [-0.05, 0) is 30.4 Å². The lowest BCUT2D eigenvalue weighted by molar-refractivity contribution is -0.133. The van der Waals surface area contributed by atoms with Crippen molar-refractivity contribution in [3.8, 4) is 0 Å². The number of aromatic nitrogens is 2. The summed E-state index contributed by atoms with van der Waals surface area (Å²) >= 11 is 5.86. The van der Waals surface area contributed by atoms with E-state index >= 15 is 0 Å². The number of fused-ring (bicyclic) bond motifs is 1. The van der Waals surface area contributed by atoms with Gasteiger partial charge in [-0.2, -0.15) is 5.10 Å². The number of halogens is 1. The van der Waals surface area contributed by atoms with Crippen molar-refractivity contribution in [3.05, 3.63) is 52.8 Å². The molecule has 1 saturated heterocycles. The van der Waals surface area contributed by atoms with Crippen LogP contribution in [0, 0.1) is 0 Å². The van der Waals surface area contributed by atoms with Crippen molar-refractivity contribution in [3.63, 3.8) is 0 Å². The zero-order valence-corrected chi connectivity index (χ0v) is 15.0. The van der Waals surface area contributed by atoms with Crippen LogP contribution in [0.5, 0.6) is 0 Å². The van der Waals surface area contributed by atoms with E-state index in [1.807, 2.05) is 4.90 Å². The van der Waals surface area contributed by atoms with Crippen LogP contribution in [0.1, 0.15) is 24.0 Å². The summed E-state index contributed by atoms with van der Waals surface area (Å²) < 4.78 is 1.61. The number of rotatable bonds is 3. The van der Waals surface area contributed by atoms with Crippen LogP contribution in [0.2, 0.25) is 5.02 Å². The summed E-state index contributed by atoms with van der Waals surface area (Å²) in [4.78, 5) is 17.0. The van der Waals surface area contributed by atoms with Gasteiger partial charge in [0.05, 0.1) is 11.2 Å². The van der Waals surface area contributed by atoms with Gasteiger partial charge in [0, 0.05) is 38.4 Å². The summed E-state index contributed by atoms with van der Waals surface area (Å²) in [5.74, 6) is 0.127. The van der Waals surface area contributed by atoms with Crippen molar-refractivity contribution in [2.75, 3.05) is 19.6 Å². The van der Waals surface area contributed by atoms with Crippen LogP contribution in [0.3, 0.4) is 0 Å². The summed E-state index contributed by atoms with van der Waals surface area (Å²) in [6, 6.07) is 9.33. The molecule has 0 atom stereocenters. The molecular weight excluding hydrogens is 336 g/mol. The first-order valence-corrected chi connectivity index (χ1v) is 9.33. The Morgan fingerprint density at radius 2 is 1.92 bits per heavy atom. The van der Waals surface area contributed by atoms with Gasteiger partial charge in [-0.25, -0.2) is 0 Å². The average molecular weight is 359 g/mol. The molecule has 0 radical (unpaired) electrons. The maximum atomic E-state index is 12.4. The molecule has 1 amide bonds. The summed E-state index contributed by atoms with van der Waals surface area (Å²) in [7, 11) is 0. The van der Waals surface area contributed by atoms with Gasteiger partial charge in [0.15, 0.2) is 0 Å². The zero-order chi connectivity index (χ0) is 17.2. The van der Waals surface area contributed by atoms with Crippen molar-refractivity contribution >= 4 is 17.5 Å². The molecule has 2 aliphatic rings. The van der Waals surface area contributed by atoms with Gasteiger partial charge in [-0.1, -0.05) is 35.9 Å². The monoisotopic (exact) mass is 358 g/mol. The predicted molar refractivity (Wildman–Crippen MR) is 97.4 cm³/mol. The van der Waals surface area contributed by atoms with E-state index in [-0.39, 0.29) is 12.5 Å². The Morgan fingerprint density at radius 1 is 1.16 bits per heavy atom. The molecule has 0 N–H and O–H groups in total. The molecule has 0 spiro atoms.